The summed E-state index contributed by atoms with van der Waals surface area (Å²) in [6, 6.07) is 10.2. The molecule has 2 heterocycles. The standard InChI is InChI=1S/C17H18N4OS2/c1-3-21-14(13-7-5-4-6-8-13)9-18-17(21)24-11-15(22)20-16-19-12(2)10-23-16/h4-10H,3,11H2,1-2H3,(H,19,20,22). The van der Waals surface area contributed by atoms with Gasteiger partial charge in [-0.1, -0.05) is 42.1 Å². The fraction of sp³-hybridized carbons (Fsp3) is 0.235. The Morgan fingerprint density at radius 1 is 1.33 bits per heavy atom. The predicted molar refractivity (Wildman–Crippen MR) is 99.5 cm³/mol. The monoisotopic (exact) mass is 358 g/mol. The number of aryl methyl sites for hydroxylation is 1. The molecule has 0 aliphatic rings. The Labute approximate surface area is 149 Å². The van der Waals surface area contributed by atoms with Crippen LogP contribution in [0, 0.1) is 6.92 Å². The van der Waals surface area contributed by atoms with Crippen LogP contribution < -0.4 is 5.32 Å². The molecule has 0 atom stereocenters. The Bertz CT molecular complexity index is 826. The van der Waals surface area contributed by atoms with E-state index in [0.29, 0.717) is 10.9 Å². The van der Waals surface area contributed by atoms with Gasteiger partial charge in [-0.3, -0.25) is 4.79 Å². The van der Waals surface area contributed by atoms with Gasteiger partial charge < -0.3 is 9.88 Å². The molecule has 3 rings (SSSR count). The van der Waals surface area contributed by atoms with Gasteiger partial charge in [0.2, 0.25) is 5.91 Å². The summed E-state index contributed by atoms with van der Waals surface area (Å²) in [5, 5.41) is 6.22. The molecule has 0 saturated heterocycles. The lowest BCUT2D eigenvalue weighted by Crippen LogP contribution is -2.14. The molecule has 0 saturated carbocycles. The molecule has 0 radical (unpaired) electrons. The molecular formula is C17H18N4OS2. The van der Waals surface area contributed by atoms with E-state index in [-0.39, 0.29) is 5.91 Å². The van der Waals surface area contributed by atoms with E-state index in [0.717, 1.165) is 28.7 Å². The van der Waals surface area contributed by atoms with Gasteiger partial charge in [0.05, 0.1) is 23.3 Å². The number of thioether (sulfide) groups is 1. The first-order chi connectivity index (χ1) is 11.7. The predicted octanol–water partition coefficient (Wildman–Crippen LogP) is 4.07. The molecule has 0 aliphatic heterocycles. The molecule has 5 nitrogen and oxygen atoms in total. The van der Waals surface area contributed by atoms with Gasteiger partial charge in [0.1, 0.15) is 0 Å². The molecule has 1 amide bonds. The quantitative estimate of drug-likeness (QED) is 0.675. The molecule has 0 aliphatic carbocycles. The van der Waals surface area contributed by atoms with E-state index in [1.165, 1.54) is 23.1 Å². The number of hydrogen-bond acceptors (Lipinski definition) is 5. The Kier molecular flexibility index (Phi) is 5.32. The van der Waals surface area contributed by atoms with Gasteiger partial charge in [0.25, 0.3) is 0 Å². The first-order valence-electron chi connectivity index (χ1n) is 7.63. The molecular weight excluding hydrogens is 340 g/mol. The summed E-state index contributed by atoms with van der Waals surface area (Å²) >= 11 is 2.87. The maximum Gasteiger partial charge on any atom is 0.236 e. The van der Waals surface area contributed by atoms with Crippen LogP contribution in [0.4, 0.5) is 5.13 Å². The van der Waals surface area contributed by atoms with E-state index in [4.69, 9.17) is 0 Å². The fourth-order valence-electron chi connectivity index (χ4n) is 2.32. The lowest BCUT2D eigenvalue weighted by Gasteiger charge is -2.09. The van der Waals surface area contributed by atoms with Crippen molar-refractivity contribution in [3.8, 4) is 11.3 Å². The van der Waals surface area contributed by atoms with Gasteiger partial charge in [0.15, 0.2) is 10.3 Å². The van der Waals surface area contributed by atoms with Crippen LogP contribution in [-0.2, 0) is 11.3 Å². The van der Waals surface area contributed by atoms with Crippen LogP contribution in [0.2, 0.25) is 0 Å². The van der Waals surface area contributed by atoms with Crippen molar-refractivity contribution in [2.75, 3.05) is 11.1 Å². The third-order valence-corrected chi connectivity index (χ3v) is 5.27. The summed E-state index contributed by atoms with van der Waals surface area (Å²) in [6.07, 6.45) is 1.86. The minimum Gasteiger partial charge on any atom is -0.319 e. The van der Waals surface area contributed by atoms with Crippen LogP contribution in [0.25, 0.3) is 11.3 Å². The topological polar surface area (TPSA) is 59.8 Å². The van der Waals surface area contributed by atoms with Crippen LogP contribution in [0.1, 0.15) is 12.6 Å². The summed E-state index contributed by atoms with van der Waals surface area (Å²) in [5.41, 5.74) is 3.11. The highest BCUT2D eigenvalue weighted by atomic mass is 32.2. The number of amides is 1. The van der Waals surface area contributed by atoms with Crippen molar-refractivity contribution >= 4 is 34.1 Å². The van der Waals surface area contributed by atoms with E-state index in [9.17, 15) is 4.79 Å². The molecule has 0 fully saturated rings. The van der Waals surface area contributed by atoms with Crippen LogP contribution in [0.3, 0.4) is 0 Å². The molecule has 124 valence electrons. The first-order valence-corrected chi connectivity index (χ1v) is 9.49. The third-order valence-electron chi connectivity index (χ3n) is 3.40. The highest BCUT2D eigenvalue weighted by Gasteiger charge is 2.13. The molecule has 24 heavy (non-hydrogen) atoms. The molecule has 1 aromatic carbocycles. The van der Waals surface area contributed by atoms with Crippen LogP contribution in [-0.4, -0.2) is 26.2 Å². The fourth-order valence-corrected chi connectivity index (χ4v) is 3.86. The highest BCUT2D eigenvalue weighted by Crippen LogP contribution is 2.26. The van der Waals surface area contributed by atoms with Crippen molar-refractivity contribution in [2.45, 2.75) is 25.5 Å². The number of hydrogen-bond donors (Lipinski definition) is 1. The van der Waals surface area contributed by atoms with Gasteiger partial charge in [-0.05, 0) is 19.4 Å². The summed E-state index contributed by atoms with van der Waals surface area (Å²) in [5.74, 6) is 0.241. The zero-order valence-electron chi connectivity index (χ0n) is 13.5. The number of rotatable bonds is 6. The Morgan fingerprint density at radius 3 is 2.79 bits per heavy atom. The minimum absolute atomic E-state index is 0.0683. The van der Waals surface area contributed by atoms with E-state index in [1.54, 1.807) is 0 Å². The number of aromatic nitrogens is 3. The molecule has 0 spiro atoms. The van der Waals surface area contributed by atoms with Crippen molar-refractivity contribution in [2.24, 2.45) is 0 Å². The summed E-state index contributed by atoms with van der Waals surface area (Å²) in [6.45, 7) is 4.79. The number of carbonyl (C=O) groups is 1. The maximum atomic E-state index is 12.1. The van der Waals surface area contributed by atoms with Crippen molar-refractivity contribution in [1.29, 1.82) is 0 Å². The average molecular weight is 358 g/mol. The normalized spacial score (nSPS) is 10.8. The SMILES string of the molecule is CCn1c(-c2ccccc2)cnc1SCC(=O)Nc1nc(C)cs1. The average Bonchev–Trinajstić information content (AvgIpc) is 3.19. The van der Waals surface area contributed by atoms with Crippen molar-refractivity contribution in [3.63, 3.8) is 0 Å². The number of anilines is 1. The number of thiazole rings is 1. The van der Waals surface area contributed by atoms with Gasteiger partial charge in [0, 0.05) is 11.9 Å². The van der Waals surface area contributed by atoms with Crippen LogP contribution in [0.15, 0.2) is 47.1 Å². The van der Waals surface area contributed by atoms with Gasteiger partial charge >= 0.3 is 0 Å². The maximum absolute atomic E-state index is 12.1. The third kappa shape index (κ3) is 3.85. The van der Waals surface area contributed by atoms with Crippen LogP contribution in [0.5, 0.6) is 0 Å². The van der Waals surface area contributed by atoms with E-state index in [1.807, 2.05) is 36.7 Å². The van der Waals surface area contributed by atoms with Gasteiger partial charge in [-0.15, -0.1) is 11.3 Å². The molecule has 3 aromatic rings. The van der Waals surface area contributed by atoms with Gasteiger partial charge in [-0.25, -0.2) is 9.97 Å². The number of nitrogens with zero attached hydrogens (tertiary/aromatic N) is 3. The van der Waals surface area contributed by atoms with Crippen molar-refractivity contribution in [1.82, 2.24) is 14.5 Å². The number of carbonyl (C=O) groups excluding carboxylic acids is 1. The number of benzene rings is 1. The number of nitrogens with one attached hydrogen (secondary N) is 1. The first kappa shape index (κ1) is 16.7. The molecule has 0 bridgehead atoms. The second-order valence-corrected chi connectivity index (χ2v) is 6.97. The van der Waals surface area contributed by atoms with Crippen molar-refractivity contribution < 1.29 is 4.79 Å². The summed E-state index contributed by atoms with van der Waals surface area (Å²) in [4.78, 5) is 20.8. The van der Waals surface area contributed by atoms with E-state index < -0.39 is 0 Å². The lowest BCUT2D eigenvalue weighted by atomic mass is 10.2. The highest BCUT2D eigenvalue weighted by molar-refractivity contribution is 7.99. The largest absolute Gasteiger partial charge is 0.319 e. The van der Waals surface area contributed by atoms with Crippen molar-refractivity contribution in [3.05, 3.63) is 47.6 Å². The van der Waals surface area contributed by atoms with E-state index >= 15 is 0 Å². The molecule has 7 heteroatoms. The Balaban J connectivity index is 1.67. The van der Waals surface area contributed by atoms with E-state index in [2.05, 4.69) is 38.9 Å². The molecule has 2 aromatic heterocycles. The van der Waals surface area contributed by atoms with Gasteiger partial charge in [-0.2, -0.15) is 0 Å². The molecule has 0 unspecified atom stereocenters. The second-order valence-electron chi connectivity index (χ2n) is 5.17. The smallest absolute Gasteiger partial charge is 0.236 e. The number of imidazole rings is 1. The summed E-state index contributed by atoms with van der Waals surface area (Å²) < 4.78 is 2.13. The summed E-state index contributed by atoms with van der Waals surface area (Å²) in [7, 11) is 0. The minimum atomic E-state index is -0.0683. The molecule has 1 N–H and O–H groups in total. The second kappa shape index (κ2) is 7.63. The zero-order valence-corrected chi connectivity index (χ0v) is 15.2. The zero-order chi connectivity index (χ0) is 16.9. The lowest BCUT2D eigenvalue weighted by molar-refractivity contribution is -0.113. The van der Waals surface area contributed by atoms with Crippen LogP contribution >= 0.6 is 23.1 Å². The Morgan fingerprint density at radius 2 is 2.12 bits per heavy atom. The Hall–Kier alpha value is -2.12.